The standard InChI is InChI=1S/C15H18N6O/c1-11-9-13(10-17-19-11)15(22)21-7-5-20(6-8-21)14-3-4-16-12(2)18-14/h3-4,9-10H,5-8H2,1-2H3. The van der Waals surface area contributed by atoms with Crippen molar-refractivity contribution in [1.82, 2.24) is 25.1 Å². The number of hydrogen-bond acceptors (Lipinski definition) is 6. The maximum Gasteiger partial charge on any atom is 0.255 e. The van der Waals surface area contributed by atoms with Crippen molar-refractivity contribution in [2.24, 2.45) is 0 Å². The van der Waals surface area contributed by atoms with Crippen LogP contribution in [0.15, 0.2) is 24.5 Å². The van der Waals surface area contributed by atoms with Gasteiger partial charge in [-0.3, -0.25) is 4.79 Å². The molecule has 0 radical (unpaired) electrons. The summed E-state index contributed by atoms with van der Waals surface area (Å²) in [6, 6.07) is 3.68. The van der Waals surface area contributed by atoms with Gasteiger partial charge >= 0.3 is 0 Å². The number of carbonyl (C=O) groups is 1. The van der Waals surface area contributed by atoms with E-state index in [4.69, 9.17) is 0 Å². The van der Waals surface area contributed by atoms with E-state index in [1.165, 1.54) is 6.20 Å². The highest BCUT2D eigenvalue weighted by Crippen LogP contribution is 2.14. The summed E-state index contributed by atoms with van der Waals surface area (Å²) >= 11 is 0. The fraction of sp³-hybridized carbons (Fsp3) is 0.400. The maximum absolute atomic E-state index is 12.5. The summed E-state index contributed by atoms with van der Waals surface area (Å²) in [4.78, 5) is 25.0. The topological polar surface area (TPSA) is 75.1 Å². The Kier molecular flexibility index (Phi) is 3.95. The predicted molar refractivity (Wildman–Crippen MR) is 81.7 cm³/mol. The van der Waals surface area contributed by atoms with Crippen molar-refractivity contribution in [3.05, 3.63) is 41.6 Å². The van der Waals surface area contributed by atoms with Gasteiger partial charge < -0.3 is 9.80 Å². The quantitative estimate of drug-likeness (QED) is 0.818. The molecule has 1 aliphatic heterocycles. The van der Waals surface area contributed by atoms with Crippen LogP contribution in [0.5, 0.6) is 0 Å². The predicted octanol–water partition coefficient (Wildman–Crippen LogP) is 0.846. The fourth-order valence-corrected chi connectivity index (χ4v) is 2.53. The van der Waals surface area contributed by atoms with Crippen molar-refractivity contribution in [3.8, 4) is 0 Å². The lowest BCUT2D eigenvalue weighted by Crippen LogP contribution is -2.49. The minimum atomic E-state index is 0.0107. The summed E-state index contributed by atoms with van der Waals surface area (Å²) in [5.74, 6) is 1.69. The number of carbonyl (C=O) groups excluding carboxylic acids is 1. The monoisotopic (exact) mass is 298 g/mol. The molecule has 3 heterocycles. The number of rotatable bonds is 2. The number of nitrogens with zero attached hydrogens (tertiary/aromatic N) is 6. The third kappa shape index (κ3) is 3.03. The normalized spacial score (nSPS) is 15.0. The van der Waals surface area contributed by atoms with E-state index in [1.54, 1.807) is 12.3 Å². The van der Waals surface area contributed by atoms with Gasteiger partial charge in [-0.2, -0.15) is 10.2 Å². The van der Waals surface area contributed by atoms with Gasteiger partial charge in [0.05, 0.1) is 17.5 Å². The van der Waals surface area contributed by atoms with Gasteiger partial charge in [0.2, 0.25) is 0 Å². The number of aryl methyl sites for hydroxylation is 2. The fourth-order valence-electron chi connectivity index (χ4n) is 2.53. The molecule has 1 aliphatic rings. The molecule has 0 aliphatic carbocycles. The summed E-state index contributed by atoms with van der Waals surface area (Å²) in [5, 5.41) is 7.73. The van der Waals surface area contributed by atoms with Gasteiger partial charge in [-0.05, 0) is 26.0 Å². The second kappa shape index (κ2) is 6.05. The van der Waals surface area contributed by atoms with Crippen molar-refractivity contribution >= 4 is 11.7 Å². The summed E-state index contributed by atoms with van der Waals surface area (Å²) in [7, 11) is 0. The van der Waals surface area contributed by atoms with Crippen LogP contribution < -0.4 is 4.90 Å². The molecular formula is C15H18N6O. The molecule has 7 nitrogen and oxygen atoms in total. The van der Waals surface area contributed by atoms with E-state index in [1.807, 2.05) is 24.8 Å². The van der Waals surface area contributed by atoms with E-state index in [0.717, 1.165) is 30.4 Å². The molecule has 1 saturated heterocycles. The highest BCUT2D eigenvalue weighted by molar-refractivity contribution is 5.94. The number of amides is 1. The van der Waals surface area contributed by atoms with Crippen molar-refractivity contribution in [1.29, 1.82) is 0 Å². The Morgan fingerprint density at radius 3 is 2.64 bits per heavy atom. The average molecular weight is 298 g/mol. The number of aromatic nitrogens is 4. The third-order valence-electron chi connectivity index (χ3n) is 3.68. The lowest BCUT2D eigenvalue weighted by atomic mass is 10.2. The molecule has 3 rings (SSSR count). The first-order valence-corrected chi connectivity index (χ1v) is 7.27. The number of anilines is 1. The van der Waals surface area contributed by atoms with Crippen LogP contribution in [0.25, 0.3) is 0 Å². The maximum atomic E-state index is 12.5. The third-order valence-corrected chi connectivity index (χ3v) is 3.68. The largest absolute Gasteiger partial charge is 0.353 e. The Labute approximate surface area is 129 Å². The SMILES string of the molecule is Cc1cc(C(=O)N2CCN(c3ccnc(C)n3)CC2)cnn1. The zero-order valence-corrected chi connectivity index (χ0v) is 12.7. The minimum Gasteiger partial charge on any atom is -0.353 e. The van der Waals surface area contributed by atoms with E-state index in [9.17, 15) is 4.79 Å². The molecule has 0 saturated carbocycles. The van der Waals surface area contributed by atoms with Crippen LogP contribution >= 0.6 is 0 Å². The van der Waals surface area contributed by atoms with E-state index < -0.39 is 0 Å². The Morgan fingerprint density at radius 1 is 1.18 bits per heavy atom. The zero-order chi connectivity index (χ0) is 15.5. The molecule has 114 valence electrons. The van der Waals surface area contributed by atoms with Crippen molar-refractivity contribution in [3.63, 3.8) is 0 Å². The first kappa shape index (κ1) is 14.4. The van der Waals surface area contributed by atoms with Crippen LogP contribution in [0.1, 0.15) is 21.9 Å². The number of hydrogen-bond donors (Lipinski definition) is 0. The highest BCUT2D eigenvalue weighted by Gasteiger charge is 2.23. The molecule has 2 aromatic rings. The molecule has 0 spiro atoms. The lowest BCUT2D eigenvalue weighted by Gasteiger charge is -2.35. The van der Waals surface area contributed by atoms with Crippen LogP contribution in [0.2, 0.25) is 0 Å². The molecule has 1 amide bonds. The Morgan fingerprint density at radius 2 is 1.95 bits per heavy atom. The zero-order valence-electron chi connectivity index (χ0n) is 12.7. The molecule has 0 aromatic carbocycles. The molecular weight excluding hydrogens is 280 g/mol. The van der Waals surface area contributed by atoms with Gasteiger partial charge in [0, 0.05) is 32.4 Å². The summed E-state index contributed by atoms with van der Waals surface area (Å²) in [5.41, 5.74) is 1.35. The summed E-state index contributed by atoms with van der Waals surface area (Å²) in [6.07, 6.45) is 3.29. The van der Waals surface area contributed by atoms with E-state index in [0.29, 0.717) is 18.7 Å². The van der Waals surface area contributed by atoms with Crippen LogP contribution in [0.3, 0.4) is 0 Å². The van der Waals surface area contributed by atoms with Gasteiger partial charge in [-0.25, -0.2) is 9.97 Å². The van der Waals surface area contributed by atoms with Crippen molar-refractivity contribution < 1.29 is 4.79 Å². The Bertz CT molecular complexity index is 681. The van der Waals surface area contributed by atoms with Crippen LogP contribution in [0, 0.1) is 13.8 Å². The second-order valence-electron chi connectivity index (χ2n) is 5.33. The smallest absolute Gasteiger partial charge is 0.255 e. The van der Waals surface area contributed by atoms with E-state index in [-0.39, 0.29) is 5.91 Å². The molecule has 0 N–H and O–H groups in total. The molecule has 0 unspecified atom stereocenters. The van der Waals surface area contributed by atoms with Crippen molar-refractivity contribution in [2.45, 2.75) is 13.8 Å². The molecule has 22 heavy (non-hydrogen) atoms. The summed E-state index contributed by atoms with van der Waals surface area (Å²) < 4.78 is 0. The molecule has 0 bridgehead atoms. The Hall–Kier alpha value is -2.57. The van der Waals surface area contributed by atoms with Gasteiger partial charge in [-0.1, -0.05) is 0 Å². The van der Waals surface area contributed by atoms with Gasteiger partial charge in [0.25, 0.3) is 5.91 Å². The minimum absolute atomic E-state index is 0.0107. The van der Waals surface area contributed by atoms with Crippen molar-refractivity contribution in [2.75, 3.05) is 31.1 Å². The average Bonchev–Trinajstić information content (AvgIpc) is 2.54. The van der Waals surface area contributed by atoms with Crippen LogP contribution in [0.4, 0.5) is 5.82 Å². The van der Waals surface area contributed by atoms with Gasteiger partial charge in [-0.15, -0.1) is 0 Å². The first-order chi connectivity index (χ1) is 10.6. The molecule has 7 heteroatoms. The molecule has 2 aromatic heterocycles. The van der Waals surface area contributed by atoms with E-state index in [2.05, 4.69) is 25.1 Å². The van der Waals surface area contributed by atoms with Gasteiger partial charge in [0.15, 0.2) is 0 Å². The van der Waals surface area contributed by atoms with Crippen LogP contribution in [-0.4, -0.2) is 57.2 Å². The molecule has 0 atom stereocenters. The highest BCUT2D eigenvalue weighted by atomic mass is 16.2. The van der Waals surface area contributed by atoms with E-state index >= 15 is 0 Å². The molecule has 1 fully saturated rings. The van der Waals surface area contributed by atoms with Gasteiger partial charge in [0.1, 0.15) is 11.6 Å². The number of piperazine rings is 1. The Balaban J connectivity index is 1.65. The first-order valence-electron chi connectivity index (χ1n) is 7.27. The lowest BCUT2D eigenvalue weighted by molar-refractivity contribution is 0.0745. The van der Waals surface area contributed by atoms with Crippen LogP contribution in [-0.2, 0) is 0 Å². The second-order valence-corrected chi connectivity index (χ2v) is 5.33. The summed E-state index contributed by atoms with van der Waals surface area (Å²) in [6.45, 7) is 6.58.